The van der Waals surface area contributed by atoms with Gasteiger partial charge in [0.05, 0.1) is 27.2 Å². The van der Waals surface area contributed by atoms with Crippen LogP contribution in [0.3, 0.4) is 0 Å². The van der Waals surface area contributed by atoms with Crippen molar-refractivity contribution in [3.63, 3.8) is 0 Å². The monoisotopic (exact) mass is 311 g/mol. The summed E-state index contributed by atoms with van der Waals surface area (Å²) < 4.78 is 14.2. The third-order valence-electron chi connectivity index (χ3n) is 3.18. The molecule has 1 atom stereocenters. The molecule has 0 amide bonds. The summed E-state index contributed by atoms with van der Waals surface area (Å²) in [6, 6.07) is 6.38. The second-order valence-electron chi connectivity index (χ2n) is 4.42. The zero-order chi connectivity index (χ0) is 16.7. The highest BCUT2D eigenvalue weighted by Crippen LogP contribution is 2.29. The van der Waals surface area contributed by atoms with E-state index in [9.17, 15) is 19.7 Å². The first-order valence-electron chi connectivity index (χ1n) is 6.36. The zero-order valence-electron chi connectivity index (χ0n) is 12.5. The molecule has 0 aliphatic carbocycles. The molecule has 0 aliphatic rings. The van der Waals surface area contributed by atoms with E-state index < -0.39 is 35.2 Å². The summed E-state index contributed by atoms with van der Waals surface area (Å²) in [6.07, 6.45) is 0. The Morgan fingerprint density at radius 1 is 1.18 bits per heavy atom. The maximum absolute atomic E-state index is 11.9. The van der Waals surface area contributed by atoms with Crippen molar-refractivity contribution in [1.29, 1.82) is 0 Å². The van der Waals surface area contributed by atoms with Crippen LogP contribution >= 0.6 is 0 Å². The highest BCUT2D eigenvalue weighted by Gasteiger charge is 2.41. The van der Waals surface area contributed by atoms with Gasteiger partial charge in [-0.05, 0) is 17.7 Å². The Hall–Kier alpha value is -2.64. The van der Waals surface area contributed by atoms with Crippen LogP contribution in [0.5, 0.6) is 5.75 Å². The molecule has 1 aromatic carbocycles. The van der Waals surface area contributed by atoms with Crippen molar-refractivity contribution in [3.05, 3.63) is 39.9 Å². The number of nitrogens with zero attached hydrogens (tertiary/aromatic N) is 1. The van der Waals surface area contributed by atoms with Crippen LogP contribution in [0.1, 0.15) is 11.5 Å². The maximum Gasteiger partial charge on any atom is 0.320 e. The number of rotatable bonds is 7. The summed E-state index contributed by atoms with van der Waals surface area (Å²) in [4.78, 5) is 34.1. The van der Waals surface area contributed by atoms with E-state index in [1.54, 1.807) is 18.2 Å². The molecular formula is C14H17NO7. The van der Waals surface area contributed by atoms with Crippen LogP contribution < -0.4 is 4.74 Å². The number of esters is 2. The number of benzene rings is 1. The lowest BCUT2D eigenvalue weighted by Gasteiger charge is -2.21. The number of nitro groups is 1. The Morgan fingerprint density at radius 3 is 2.23 bits per heavy atom. The van der Waals surface area contributed by atoms with E-state index in [0.717, 1.165) is 14.2 Å². The lowest BCUT2D eigenvalue weighted by Crippen LogP contribution is -2.35. The van der Waals surface area contributed by atoms with Gasteiger partial charge in [0.1, 0.15) is 5.75 Å². The van der Waals surface area contributed by atoms with E-state index in [1.165, 1.54) is 13.2 Å². The van der Waals surface area contributed by atoms with Crippen molar-refractivity contribution in [2.75, 3.05) is 27.9 Å². The van der Waals surface area contributed by atoms with Crippen LogP contribution in [0, 0.1) is 16.0 Å². The second-order valence-corrected chi connectivity index (χ2v) is 4.42. The largest absolute Gasteiger partial charge is 0.497 e. The van der Waals surface area contributed by atoms with Gasteiger partial charge in [-0.1, -0.05) is 12.1 Å². The molecule has 0 saturated carbocycles. The van der Waals surface area contributed by atoms with E-state index in [0.29, 0.717) is 11.3 Å². The summed E-state index contributed by atoms with van der Waals surface area (Å²) in [6.45, 7) is -0.623. The van der Waals surface area contributed by atoms with Crippen LogP contribution in [-0.2, 0) is 19.1 Å². The third kappa shape index (κ3) is 4.18. The molecule has 1 aromatic rings. The summed E-state index contributed by atoms with van der Waals surface area (Å²) in [5.41, 5.74) is 0.414. The Labute approximate surface area is 127 Å². The van der Waals surface area contributed by atoms with Gasteiger partial charge in [0.25, 0.3) is 0 Å². The molecule has 0 fully saturated rings. The molecular weight excluding hydrogens is 294 g/mol. The molecule has 0 saturated heterocycles. The Kier molecular flexibility index (Phi) is 6.30. The standard InChI is InChI=1S/C14H17NO7/c1-20-10-6-4-5-9(7-10)11(8-15(18)19)12(13(16)21-2)14(17)22-3/h4-7,11-12H,8H2,1-3H3/t11-/m0/s1. The summed E-state index contributed by atoms with van der Waals surface area (Å²) >= 11 is 0. The molecule has 0 unspecified atom stereocenters. The molecule has 1 rings (SSSR count). The molecule has 0 bridgehead atoms. The Bertz CT molecular complexity index is 542. The van der Waals surface area contributed by atoms with E-state index in [-0.39, 0.29) is 0 Å². The van der Waals surface area contributed by atoms with Crippen molar-refractivity contribution in [2.45, 2.75) is 5.92 Å². The first-order chi connectivity index (χ1) is 10.4. The predicted octanol–water partition coefficient (Wildman–Crippen LogP) is 1.02. The van der Waals surface area contributed by atoms with E-state index in [1.807, 2.05) is 0 Å². The first-order valence-corrected chi connectivity index (χ1v) is 6.36. The topological polar surface area (TPSA) is 105 Å². The molecule has 0 spiro atoms. The molecule has 0 aliphatic heterocycles. The minimum Gasteiger partial charge on any atom is -0.497 e. The highest BCUT2D eigenvalue weighted by molar-refractivity contribution is 5.96. The summed E-state index contributed by atoms with van der Waals surface area (Å²) in [5, 5.41) is 10.9. The molecule has 22 heavy (non-hydrogen) atoms. The number of methoxy groups -OCH3 is 3. The smallest absolute Gasteiger partial charge is 0.320 e. The van der Waals surface area contributed by atoms with Gasteiger partial charge in [0, 0.05) is 4.92 Å². The van der Waals surface area contributed by atoms with E-state index in [4.69, 9.17) is 4.74 Å². The van der Waals surface area contributed by atoms with Gasteiger partial charge in [-0.25, -0.2) is 0 Å². The van der Waals surface area contributed by atoms with Crippen molar-refractivity contribution in [2.24, 2.45) is 5.92 Å². The molecule has 0 radical (unpaired) electrons. The van der Waals surface area contributed by atoms with Gasteiger partial charge >= 0.3 is 11.9 Å². The van der Waals surface area contributed by atoms with Crippen LogP contribution in [0.15, 0.2) is 24.3 Å². The van der Waals surface area contributed by atoms with Gasteiger partial charge in [-0.2, -0.15) is 0 Å². The SMILES string of the molecule is COC(=O)C(C(=O)OC)[C@@H](C[N+](=O)[O-])c1cccc(OC)c1. The minimum atomic E-state index is -1.42. The number of hydrogen-bond donors (Lipinski definition) is 0. The van der Waals surface area contributed by atoms with E-state index in [2.05, 4.69) is 9.47 Å². The number of carbonyl (C=O) groups excluding carboxylic acids is 2. The quantitative estimate of drug-likeness (QED) is 0.320. The summed E-state index contributed by atoms with van der Waals surface area (Å²) in [5.74, 6) is -3.76. The van der Waals surface area contributed by atoms with Crippen LogP contribution in [0.2, 0.25) is 0 Å². The van der Waals surface area contributed by atoms with Crippen molar-refractivity contribution in [3.8, 4) is 5.75 Å². The minimum absolute atomic E-state index is 0.414. The lowest BCUT2D eigenvalue weighted by molar-refractivity contribution is -0.484. The Morgan fingerprint density at radius 2 is 1.77 bits per heavy atom. The second kappa shape index (κ2) is 7.96. The van der Waals surface area contributed by atoms with Gasteiger partial charge in [0.15, 0.2) is 5.92 Å². The zero-order valence-corrected chi connectivity index (χ0v) is 12.5. The van der Waals surface area contributed by atoms with E-state index >= 15 is 0 Å². The highest BCUT2D eigenvalue weighted by atomic mass is 16.6. The number of ether oxygens (including phenoxy) is 3. The fourth-order valence-electron chi connectivity index (χ4n) is 2.11. The fraction of sp³-hybridized carbons (Fsp3) is 0.429. The molecule has 8 nitrogen and oxygen atoms in total. The number of carbonyl (C=O) groups is 2. The summed E-state index contributed by atoms with van der Waals surface area (Å²) in [7, 11) is 3.65. The maximum atomic E-state index is 11.9. The van der Waals surface area contributed by atoms with Crippen molar-refractivity contribution < 1.29 is 28.7 Å². The molecule has 0 aromatic heterocycles. The van der Waals surface area contributed by atoms with Crippen molar-refractivity contribution in [1.82, 2.24) is 0 Å². The fourth-order valence-corrected chi connectivity index (χ4v) is 2.11. The van der Waals surface area contributed by atoms with Crippen LogP contribution in [-0.4, -0.2) is 44.7 Å². The predicted molar refractivity (Wildman–Crippen MR) is 75.1 cm³/mol. The van der Waals surface area contributed by atoms with Crippen LogP contribution in [0.4, 0.5) is 0 Å². The van der Waals surface area contributed by atoms with Gasteiger partial charge < -0.3 is 14.2 Å². The third-order valence-corrected chi connectivity index (χ3v) is 3.18. The molecule has 0 N–H and O–H groups in total. The van der Waals surface area contributed by atoms with Crippen molar-refractivity contribution >= 4 is 11.9 Å². The normalized spacial score (nSPS) is 11.6. The van der Waals surface area contributed by atoms with Gasteiger partial charge in [-0.15, -0.1) is 0 Å². The molecule has 120 valence electrons. The van der Waals surface area contributed by atoms with Crippen LogP contribution in [0.25, 0.3) is 0 Å². The number of hydrogen-bond acceptors (Lipinski definition) is 7. The van der Waals surface area contributed by atoms with Gasteiger partial charge in [-0.3, -0.25) is 19.7 Å². The van der Waals surface area contributed by atoms with Gasteiger partial charge in [0.2, 0.25) is 6.54 Å². The molecule has 8 heteroatoms. The average molecular weight is 311 g/mol. The Balaban J connectivity index is 3.31. The first kappa shape index (κ1) is 17.4. The lowest BCUT2D eigenvalue weighted by atomic mass is 9.85. The molecule has 0 heterocycles. The average Bonchev–Trinajstić information content (AvgIpc) is 2.53.